The van der Waals surface area contributed by atoms with Gasteiger partial charge < -0.3 is 15.7 Å². The first-order valence-corrected chi connectivity index (χ1v) is 8.44. The highest BCUT2D eigenvalue weighted by Gasteiger charge is 2.30. The smallest absolute Gasteiger partial charge is 0.315 e. The summed E-state index contributed by atoms with van der Waals surface area (Å²) in [5.74, 6) is -0.628. The number of hydrogen-bond acceptors (Lipinski definition) is 2. The molecule has 5 nitrogen and oxygen atoms in total. The van der Waals surface area contributed by atoms with Gasteiger partial charge in [0.1, 0.15) is 0 Å². The van der Waals surface area contributed by atoms with Gasteiger partial charge in [0.2, 0.25) is 0 Å². The molecule has 0 spiro atoms. The number of carbonyl (C=O) groups is 2. The Kier molecular flexibility index (Phi) is 6.33. The van der Waals surface area contributed by atoms with E-state index >= 15 is 0 Å². The maximum Gasteiger partial charge on any atom is 0.315 e. The van der Waals surface area contributed by atoms with Crippen molar-refractivity contribution in [3.8, 4) is 0 Å². The SMILES string of the molecule is O=C(NCC1CCCCC1)NC1CCCCCC1C(=O)O. The third kappa shape index (κ3) is 5.21. The molecule has 2 fully saturated rings. The number of urea groups is 1. The van der Waals surface area contributed by atoms with Crippen molar-refractivity contribution in [3.05, 3.63) is 0 Å². The van der Waals surface area contributed by atoms with Crippen molar-refractivity contribution in [2.75, 3.05) is 6.54 Å². The molecule has 2 rings (SSSR count). The number of rotatable bonds is 4. The summed E-state index contributed by atoms with van der Waals surface area (Å²) >= 11 is 0. The Morgan fingerprint density at radius 2 is 1.52 bits per heavy atom. The van der Waals surface area contributed by atoms with Crippen LogP contribution in [0.5, 0.6) is 0 Å². The largest absolute Gasteiger partial charge is 0.481 e. The van der Waals surface area contributed by atoms with Crippen molar-refractivity contribution in [1.82, 2.24) is 10.6 Å². The summed E-state index contributed by atoms with van der Waals surface area (Å²) in [6, 6.07) is -0.421. The molecule has 5 heteroatoms. The lowest BCUT2D eigenvalue weighted by molar-refractivity contribution is -0.142. The van der Waals surface area contributed by atoms with E-state index in [1.165, 1.54) is 32.1 Å². The number of carboxylic acids is 1. The van der Waals surface area contributed by atoms with Gasteiger partial charge in [0.25, 0.3) is 0 Å². The van der Waals surface area contributed by atoms with Gasteiger partial charge in [0.05, 0.1) is 5.92 Å². The molecule has 0 bridgehead atoms. The Labute approximate surface area is 126 Å². The summed E-state index contributed by atoms with van der Waals surface area (Å²) < 4.78 is 0. The van der Waals surface area contributed by atoms with Crippen LogP contribution < -0.4 is 10.6 Å². The summed E-state index contributed by atoms with van der Waals surface area (Å²) in [6.07, 6.45) is 10.7. The molecule has 0 aromatic heterocycles. The molecule has 0 radical (unpaired) electrons. The highest BCUT2D eigenvalue weighted by Crippen LogP contribution is 2.24. The van der Waals surface area contributed by atoms with Crippen LogP contribution in [0.15, 0.2) is 0 Å². The highest BCUT2D eigenvalue weighted by atomic mass is 16.4. The Balaban J connectivity index is 1.77. The fourth-order valence-electron chi connectivity index (χ4n) is 3.62. The molecule has 3 N–H and O–H groups in total. The lowest BCUT2D eigenvalue weighted by Crippen LogP contribution is -2.48. The summed E-state index contributed by atoms with van der Waals surface area (Å²) in [5.41, 5.74) is 0. The zero-order valence-corrected chi connectivity index (χ0v) is 12.8. The van der Waals surface area contributed by atoms with E-state index in [4.69, 9.17) is 0 Å². The van der Waals surface area contributed by atoms with Gasteiger partial charge in [0.15, 0.2) is 0 Å². The zero-order valence-electron chi connectivity index (χ0n) is 12.8. The minimum Gasteiger partial charge on any atom is -0.481 e. The quantitative estimate of drug-likeness (QED) is 0.698. The molecule has 2 amide bonds. The van der Waals surface area contributed by atoms with Crippen molar-refractivity contribution >= 4 is 12.0 Å². The first-order chi connectivity index (χ1) is 10.2. The van der Waals surface area contributed by atoms with Crippen LogP contribution in [0.4, 0.5) is 4.79 Å². The molecule has 0 heterocycles. The van der Waals surface area contributed by atoms with Crippen molar-refractivity contribution < 1.29 is 14.7 Å². The molecule has 0 aromatic rings. The molecule has 0 aromatic carbocycles. The zero-order chi connectivity index (χ0) is 15.1. The Bertz CT molecular complexity index is 353. The number of carbonyl (C=O) groups excluding carboxylic acids is 1. The van der Waals surface area contributed by atoms with Gasteiger partial charge >= 0.3 is 12.0 Å². The van der Waals surface area contributed by atoms with Crippen LogP contribution in [0.3, 0.4) is 0 Å². The van der Waals surface area contributed by atoms with Crippen molar-refractivity contribution in [2.45, 2.75) is 70.3 Å². The predicted octanol–water partition coefficient (Wildman–Crippen LogP) is 2.90. The minimum atomic E-state index is -0.783. The molecule has 120 valence electrons. The maximum absolute atomic E-state index is 12.0. The molecule has 2 saturated carbocycles. The molecule has 2 aliphatic rings. The van der Waals surface area contributed by atoms with E-state index in [9.17, 15) is 14.7 Å². The molecule has 0 saturated heterocycles. The predicted molar refractivity (Wildman–Crippen MR) is 81.1 cm³/mol. The third-order valence-corrected chi connectivity index (χ3v) is 4.93. The molecule has 21 heavy (non-hydrogen) atoms. The van der Waals surface area contributed by atoms with E-state index < -0.39 is 11.9 Å². The topological polar surface area (TPSA) is 78.4 Å². The number of amides is 2. The lowest BCUT2D eigenvalue weighted by atomic mass is 9.89. The lowest BCUT2D eigenvalue weighted by Gasteiger charge is -2.25. The van der Waals surface area contributed by atoms with Crippen molar-refractivity contribution in [3.63, 3.8) is 0 Å². The number of aliphatic carboxylic acids is 1. The van der Waals surface area contributed by atoms with Crippen LogP contribution in [0.1, 0.15) is 64.2 Å². The van der Waals surface area contributed by atoms with Gasteiger partial charge in [-0.1, -0.05) is 38.5 Å². The Morgan fingerprint density at radius 3 is 2.19 bits per heavy atom. The van der Waals surface area contributed by atoms with Crippen LogP contribution in [-0.2, 0) is 4.79 Å². The van der Waals surface area contributed by atoms with Crippen LogP contribution >= 0.6 is 0 Å². The molecular formula is C16H28N2O3. The van der Waals surface area contributed by atoms with Gasteiger partial charge in [-0.25, -0.2) is 4.79 Å². The van der Waals surface area contributed by atoms with E-state index in [2.05, 4.69) is 10.6 Å². The average molecular weight is 296 g/mol. The van der Waals surface area contributed by atoms with Crippen LogP contribution in [-0.4, -0.2) is 29.7 Å². The van der Waals surface area contributed by atoms with Crippen molar-refractivity contribution in [1.29, 1.82) is 0 Å². The fourth-order valence-corrected chi connectivity index (χ4v) is 3.62. The number of nitrogens with one attached hydrogen (secondary N) is 2. The van der Waals surface area contributed by atoms with E-state index in [1.54, 1.807) is 0 Å². The average Bonchev–Trinajstić information content (AvgIpc) is 2.72. The molecular weight excluding hydrogens is 268 g/mol. The maximum atomic E-state index is 12.0. The van der Waals surface area contributed by atoms with Gasteiger partial charge in [-0.05, 0) is 31.6 Å². The molecule has 0 aliphatic heterocycles. The second-order valence-corrected chi connectivity index (χ2v) is 6.55. The minimum absolute atomic E-state index is 0.196. The molecule has 2 aliphatic carbocycles. The van der Waals surface area contributed by atoms with Crippen molar-refractivity contribution in [2.24, 2.45) is 11.8 Å². The summed E-state index contributed by atoms with van der Waals surface area (Å²) in [6.45, 7) is 0.719. The Morgan fingerprint density at radius 1 is 0.905 bits per heavy atom. The van der Waals surface area contributed by atoms with Gasteiger partial charge in [-0.15, -0.1) is 0 Å². The summed E-state index contributed by atoms with van der Waals surface area (Å²) in [4.78, 5) is 23.4. The van der Waals surface area contributed by atoms with E-state index in [-0.39, 0.29) is 12.1 Å². The second kappa shape index (κ2) is 8.25. The van der Waals surface area contributed by atoms with Crippen LogP contribution in [0.25, 0.3) is 0 Å². The summed E-state index contributed by atoms with van der Waals surface area (Å²) in [5, 5.41) is 15.1. The van der Waals surface area contributed by atoms with Gasteiger partial charge in [0, 0.05) is 12.6 Å². The standard InChI is InChI=1S/C16H28N2O3/c19-15(20)13-9-5-2-6-10-14(13)18-16(21)17-11-12-7-3-1-4-8-12/h12-14H,1-11H2,(H,19,20)(H2,17,18,21). The first-order valence-electron chi connectivity index (χ1n) is 8.44. The van der Waals surface area contributed by atoms with E-state index in [1.807, 2.05) is 0 Å². The summed E-state index contributed by atoms with van der Waals surface area (Å²) in [7, 11) is 0. The third-order valence-electron chi connectivity index (χ3n) is 4.93. The van der Waals surface area contributed by atoms with Crippen LogP contribution in [0, 0.1) is 11.8 Å². The normalized spacial score (nSPS) is 27.6. The van der Waals surface area contributed by atoms with Gasteiger partial charge in [-0.3, -0.25) is 4.79 Å². The first kappa shape index (κ1) is 16.1. The van der Waals surface area contributed by atoms with Crippen LogP contribution in [0.2, 0.25) is 0 Å². The molecule has 2 unspecified atom stereocenters. The second-order valence-electron chi connectivity index (χ2n) is 6.55. The number of hydrogen-bond donors (Lipinski definition) is 3. The fraction of sp³-hybridized carbons (Fsp3) is 0.875. The van der Waals surface area contributed by atoms with E-state index in [0.717, 1.165) is 32.2 Å². The highest BCUT2D eigenvalue weighted by molar-refractivity contribution is 5.76. The number of carboxylic acid groups (broad SMARTS) is 1. The molecule has 2 atom stereocenters. The van der Waals surface area contributed by atoms with Gasteiger partial charge in [-0.2, -0.15) is 0 Å². The monoisotopic (exact) mass is 296 g/mol. The van der Waals surface area contributed by atoms with E-state index in [0.29, 0.717) is 12.3 Å². The Hall–Kier alpha value is -1.26.